The Labute approximate surface area is 173 Å². The van der Waals surface area contributed by atoms with E-state index >= 15 is 0 Å². The number of phenols is 1. The van der Waals surface area contributed by atoms with Crippen molar-refractivity contribution in [3.05, 3.63) is 83.4 Å². The van der Waals surface area contributed by atoms with E-state index in [1.807, 2.05) is 0 Å². The molecule has 1 fully saturated rings. The molecule has 1 aliphatic heterocycles. The number of halogens is 2. The number of carbonyl (C=O) groups excluding carboxylic acids is 1. The van der Waals surface area contributed by atoms with Gasteiger partial charge in [0.15, 0.2) is 0 Å². The molecule has 1 amide bonds. The van der Waals surface area contributed by atoms with E-state index in [0.29, 0.717) is 36.2 Å². The van der Waals surface area contributed by atoms with Crippen LogP contribution in [-0.4, -0.2) is 29.3 Å². The molecule has 0 bridgehead atoms. The number of anilines is 1. The van der Waals surface area contributed by atoms with Crippen molar-refractivity contribution in [1.82, 2.24) is 0 Å². The topological polar surface area (TPSA) is 60.8 Å². The van der Waals surface area contributed by atoms with Crippen molar-refractivity contribution in [1.29, 1.82) is 0 Å². The monoisotopic (exact) mass is 409 g/mol. The van der Waals surface area contributed by atoms with Gasteiger partial charge in [-0.3, -0.25) is 4.79 Å². The molecular weight excluding hydrogens is 388 g/mol. The van der Waals surface area contributed by atoms with Gasteiger partial charge in [0.2, 0.25) is 5.91 Å². The number of nitrogens with zero attached hydrogens (tertiary/aromatic N) is 1. The van der Waals surface area contributed by atoms with Gasteiger partial charge in [0, 0.05) is 24.4 Å². The van der Waals surface area contributed by atoms with Gasteiger partial charge in [0.05, 0.1) is 5.92 Å². The third-order valence-corrected chi connectivity index (χ3v) is 5.49. The average molecular weight is 409 g/mol. The van der Waals surface area contributed by atoms with Crippen LogP contribution in [0.3, 0.4) is 0 Å². The molecular formula is C24H21F2NO3. The van der Waals surface area contributed by atoms with Gasteiger partial charge in [-0.15, -0.1) is 0 Å². The van der Waals surface area contributed by atoms with E-state index in [0.717, 1.165) is 11.1 Å². The normalized spacial score (nSPS) is 15.9. The molecule has 1 atom stereocenters. The lowest BCUT2D eigenvalue weighted by Crippen LogP contribution is -2.51. The Morgan fingerprint density at radius 1 is 0.933 bits per heavy atom. The summed E-state index contributed by atoms with van der Waals surface area (Å²) < 4.78 is 26.6. The van der Waals surface area contributed by atoms with Crippen LogP contribution in [0.1, 0.15) is 23.5 Å². The summed E-state index contributed by atoms with van der Waals surface area (Å²) in [4.78, 5) is 14.5. The summed E-state index contributed by atoms with van der Waals surface area (Å²) in [5, 5.41) is 19.9. The molecule has 4 rings (SSSR count). The quantitative estimate of drug-likeness (QED) is 0.594. The second kappa shape index (κ2) is 8.24. The molecule has 3 aromatic rings. The van der Waals surface area contributed by atoms with Crippen LogP contribution in [0.15, 0.2) is 60.7 Å². The van der Waals surface area contributed by atoms with Crippen LogP contribution in [0.5, 0.6) is 5.75 Å². The highest BCUT2D eigenvalue weighted by Crippen LogP contribution is 2.42. The Morgan fingerprint density at radius 3 is 2.17 bits per heavy atom. The number of aromatic hydroxyl groups is 1. The average Bonchev–Trinajstić information content (AvgIpc) is 2.74. The fourth-order valence-electron chi connectivity index (χ4n) is 3.95. The highest BCUT2D eigenvalue weighted by atomic mass is 19.1. The minimum atomic E-state index is -0.399. The summed E-state index contributed by atoms with van der Waals surface area (Å²) in [5.74, 6) is -1.21. The lowest BCUT2D eigenvalue weighted by atomic mass is 9.81. The lowest BCUT2D eigenvalue weighted by molar-refractivity contribution is -0.124. The summed E-state index contributed by atoms with van der Waals surface area (Å²) in [6.07, 6.45) is 0.931. The second-order valence-corrected chi connectivity index (χ2v) is 7.34. The van der Waals surface area contributed by atoms with Crippen LogP contribution in [-0.2, 0) is 11.2 Å². The van der Waals surface area contributed by atoms with Crippen molar-refractivity contribution in [2.24, 2.45) is 0 Å². The maximum atomic E-state index is 13.4. The second-order valence-electron chi connectivity index (χ2n) is 7.34. The SMILES string of the molecule is O=C1[C@H](c2ccc(O)c(-c3ccc(F)cc3)c2CCCO)CN1c1ccc(F)cc1. The first-order chi connectivity index (χ1) is 14.5. The van der Waals surface area contributed by atoms with E-state index < -0.39 is 5.92 Å². The molecule has 1 heterocycles. The fourth-order valence-corrected chi connectivity index (χ4v) is 3.95. The van der Waals surface area contributed by atoms with E-state index in [9.17, 15) is 23.8 Å². The lowest BCUT2D eigenvalue weighted by Gasteiger charge is -2.40. The first-order valence-corrected chi connectivity index (χ1v) is 9.78. The molecule has 0 unspecified atom stereocenters. The first-order valence-electron chi connectivity index (χ1n) is 9.78. The van der Waals surface area contributed by atoms with Crippen molar-refractivity contribution in [2.75, 3.05) is 18.1 Å². The molecule has 0 saturated carbocycles. The smallest absolute Gasteiger partial charge is 0.236 e. The van der Waals surface area contributed by atoms with E-state index in [1.54, 1.807) is 41.3 Å². The van der Waals surface area contributed by atoms with Gasteiger partial charge >= 0.3 is 0 Å². The summed E-state index contributed by atoms with van der Waals surface area (Å²) in [7, 11) is 0. The van der Waals surface area contributed by atoms with Crippen molar-refractivity contribution < 1.29 is 23.8 Å². The van der Waals surface area contributed by atoms with Crippen LogP contribution < -0.4 is 4.90 Å². The summed E-state index contributed by atoms with van der Waals surface area (Å²) >= 11 is 0. The molecule has 154 valence electrons. The van der Waals surface area contributed by atoms with E-state index in [1.165, 1.54) is 24.3 Å². The number of rotatable bonds is 6. The number of aliphatic hydroxyl groups is 1. The third kappa shape index (κ3) is 3.66. The highest BCUT2D eigenvalue weighted by molar-refractivity contribution is 6.05. The zero-order valence-corrected chi connectivity index (χ0v) is 16.2. The molecule has 0 aliphatic carbocycles. The highest BCUT2D eigenvalue weighted by Gasteiger charge is 2.40. The predicted octanol–water partition coefficient (Wildman–Crippen LogP) is 4.39. The number of benzene rings is 3. The molecule has 1 saturated heterocycles. The standard InChI is InChI=1S/C24H21F2NO3/c25-16-5-3-15(4-6-16)23-20(2-1-13-28)19(11-12-22(23)29)21-14-27(24(21)30)18-9-7-17(26)8-10-18/h3-12,21,28-29H,1-2,13-14H2/t21-/m0/s1. The minimum Gasteiger partial charge on any atom is -0.507 e. The largest absolute Gasteiger partial charge is 0.507 e. The van der Waals surface area contributed by atoms with Crippen LogP contribution in [0.25, 0.3) is 11.1 Å². The van der Waals surface area contributed by atoms with Crippen molar-refractivity contribution in [2.45, 2.75) is 18.8 Å². The van der Waals surface area contributed by atoms with Crippen LogP contribution in [0.4, 0.5) is 14.5 Å². The minimum absolute atomic E-state index is 0.0295. The van der Waals surface area contributed by atoms with Gasteiger partial charge in [-0.2, -0.15) is 0 Å². The third-order valence-electron chi connectivity index (χ3n) is 5.49. The zero-order valence-electron chi connectivity index (χ0n) is 16.2. The maximum Gasteiger partial charge on any atom is 0.236 e. The van der Waals surface area contributed by atoms with Crippen molar-refractivity contribution >= 4 is 11.6 Å². The van der Waals surface area contributed by atoms with Gasteiger partial charge in [0.25, 0.3) is 0 Å². The Balaban J connectivity index is 1.71. The van der Waals surface area contributed by atoms with Crippen LogP contribution >= 0.6 is 0 Å². The number of aliphatic hydroxyl groups excluding tert-OH is 1. The molecule has 6 heteroatoms. The molecule has 0 spiro atoms. The van der Waals surface area contributed by atoms with Crippen molar-refractivity contribution in [3.8, 4) is 16.9 Å². The van der Waals surface area contributed by atoms with Gasteiger partial charge in [-0.05, 0) is 72.0 Å². The summed E-state index contributed by atoms with van der Waals surface area (Å²) in [5.41, 5.74) is 3.38. The molecule has 0 radical (unpaired) electrons. The summed E-state index contributed by atoms with van der Waals surface area (Å²) in [6.45, 7) is 0.405. The molecule has 0 aromatic heterocycles. The van der Waals surface area contributed by atoms with E-state index in [4.69, 9.17) is 0 Å². The molecule has 1 aliphatic rings. The van der Waals surface area contributed by atoms with E-state index in [-0.39, 0.29) is 29.9 Å². The number of hydrogen-bond donors (Lipinski definition) is 2. The number of carbonyl (C=O) groups is 1. The van der Waals surface area contributed by atoms with Gasteiger partial charge in [-0.1, -0.05) is 18.2 Å². The molecule has 2 N–H and O–H groups in total. The van der Waals surface area contributed by atoms with Gasteiger partial charge in [-0.25, -0.2) is 8.78 Å². The molecule has 3 aromatic carbocycles. The number of phenolic OH excluding ortho intramolecular Hbond substituents is 1. The Bertz CT molecular complexity index is 1070. The van der Waals surface area contributed by atoms with Crippen LogP contribution in [0, 0.1) is 11.6 Å². The Morgan fingerprint density at radius 2 is 1.57 bits per heavy atom. The Kier molecular flexibility index (Phi) is 5.50. The number of amides is 1. The Hall–Kier alpha value is -3.25. The zero-order chi connectivity index (χ0) is 21.3. The van der Waals surface area contributed by atoms with Gasteiger partial charge in [0.1, 0.15) is 17.4 Å². The van der Waals surface area contributed by atoms with E-state index in [2.05, 4.69) is 0 Å². The predicted molar refractivity (Wildman–Crippen MR) is 110 cm³/mol. The van der Waals surface area contributed by atoms with Crippen LogP contribution in [0.2, 0.25) is 0 Å². The number of β-lactam (4-membered cyclic amide) rings is 1. The maximum absolute atomic E-state index is 13.4. The first kappa shape index (κ1) is 20.0. The molecule has 30 heavy (non-hydrogen) atoms. The number of hydrogen-bond acceptors (Lipinski definition) is 3. The summed E-state index contributed by atoms with van der Waals surface area (Å²) in [6, 6.07) is 14.9. The van der Waals surface area contributed by atoms with Gasteiger partial charge < -0.3 is 15.1 Å². The van der Waals surface area contributed by atoms with Crippen molar-refractivity contribution in [3.63, 3.8) is 0 Å². The molecule has 4 nitrogen and oxygen atoms in total. The fraction of sp³-hybridized carbons (Fsp3) is 0.208.